The molecule has 12 atom stereocenters. The predicted octanol–water partition coefficient (Wildman–Crippen LogP) is 4.22. The molecule has 0 bridgehead atoms. The van der Waals surface area contributed by atoms with Crippen molar-refractivity contribution in [3.05, 3.63) is 65.7 Å². The summed E-state index contributed by atoms with van der Waals surface area (Å²) in [6.07, 6.45) is -1.02. The highest BCUT2D eigenvalue weighted by molar-refractivity contribution is 5.98. The summed E-state index contributed by atoms with van der Waals surface area (Å²) >= 11 is 0. The van der Waals surface area contributed by atoms with Crippen LogP contribution in [0.5, 0.6) is 0 Å². The van der Waals surface area contributed by atoms with Crippen molar-refractivity contribution < 1.29 is 67.3 Å². The van der Waals surface area contributed by atoms with Gasteiger partial charge in [-0.25, -0.2) is 9.59 Å². The molecule has 3 rings (SSSR count). The fourth-order valence-corrected chi connectivity index (χ4v) is 10.8. The van der Waals surface area contributed by atoms with Crippen LogP contribution in [0.4, 0.5) is 15.3 Å². The number of amides is 10. The molecule has 1 aliphatic rings. The number of methoxy groups -OCH3 is 2. The van der Waals surface area contributed by atoms with Crippen LogP contribution in [0.1, 0.15) is 125 Å². The average molecular weight is 1210 g/mol. The molecule has 1 aliphatic heterocycles. The zero-order valence-electron chi connectivity index (χ0n) is 52.8. The summed E-state index contributed by atoms with van der Waals surface area (Å²) in [6.45, 7) is 21.0. The van der Waals surface area contributed by atoms with Crippen molar-refractivity contribution >= 4 is 65.9 Å². The van der Waals surface area contributed by atoms with Crippen LogP contribution in [-0.4, -0.2) is 183 Å². The van der Waals surface area contributed by atoms with Gasteiger partial charge in [0.05, 0.1) is 48.8 Å². The van der Waals surface area contributed by atoms with Crippen LogP contribution in [0.15, 0.2) is 59.8 Å². The highest BCUT2D eigenvalue weighted by Gasteiger charge is 2.44. The van der Waals surface area contributed by atoms with E-state index in [-0.39, 0.29) is 56.1 Å². The smallest absolute Gasteiger partial charge is 0.410 e. The van der Waals surface area contributed by atoms with E-state index in [0.29, 0.717) is 42.6 Å². The minimum absolute atomic E-state index is 0.0870. The summed E-state index contributed by atoms with van der Waals surface area (Å²) in [4.78, 5) is 131. The SMILES string of the molecule is C=NOCC(=O)NC(C(=O)N[C@@H](CCCNC(N)=O)C(=O)Nc1ccc(COC(=O)N(C)[C@H](C(=O)N[C@H](C(=O)N(C)C(C(CC(=O)N2CCCC2[C@H](OC)[C@@H](C)C(=O)NC(C)[C@@H](O)c2ccccc2)OC)[C@@H](C)CC)C(C)C)C(C)C)cc1)C(C)C. The minimum Gasteiger partial charge on any atom is -0.445 e. The molecule has 0 saturated carbocycles. The number of anilines is 1. The molecule has 10 amide bonds. The molecule has 0 radical (unpaired) electrons. The summed E-state index contributed by atoms with van der Waals surface area (Å²) in [6, 6.07) is 8.75. The Kier molecular flexibility index (Phi) is 30.4. The van der Waals surface area contributed by atoms with Crippen LogP contribution in [0, 0.1) is 29.6 Å². The van der Waals surface area contributed by atoms with Gasteiger partial charge in [0.25, 0.3) is 5.91 Å². The fourth-order valence-electron chi connectivity index (χ4n) is 10.8. The van der Waals surface area contributed by atoms with Gasteiger partial charge in [-0.1, -0.05) is 111 Å². The van der Waals surface area contributed by atoms with Crippen molar-refractivity contribution in [1.82, 2.24) is 41.3 Å². The third-order valence-electron chi connectivity index (χ3n) is 15.8. The van der Waals surface area contributed by atoms with E-state index in [1.54, 1.807) is 109 Å². The van der Waals surface area contributed by atoms with Gasteiger partial charge in [0.2, 0.25) is 35.4 Å². The van der Waals surface area contributed by atoms with E-state index < -0.39 is 127 Å². The summed E-state index contributed by atoms with van der Waals surface area (Å²) < 4.78 is 17.7. The van der Waals surface area contributed by atoms with Gasteiger partial charge in [0.1, 0.15) is 30.8 Å². The van der Waals surface area contributed by atoms with Crippen LogP contribution in [0.3, 0.4) is 0 Å². The fraction of sp³-hybridized carbons (Fsp3) is 0.639. The molecule has 1 saturated heterocycles. The van der Waals surface area contributed by atoms with Crippen molar-refractivity contribution in [2.24, 2.45) is 40.5 Å². The molecule has 0 aliphatic carbocycles. The Morgan fingerprint density at radius 3 is 1.98 bits per heavy atom. The van der Waals surface area contributed by atoms with E-state index in [1.807, 2.05) is 32.0 Å². The number of aliphatic hydroxyl groups excluding tert-OH is 1. The van der Waals surface area contributed by atoms with Crippen LogP contribution in [0.25, 0.3) is 0 Å². The minimum atomic E-state index is -1.10. The van der Waals surface area contributed by atoms with Crippen LogP contribution >= 0.6 is 0 Å². The molecule has 9 N–H and O–H groups in total. The molecule has 86 heavy (non-hydrogen) atoms. The molecule has 25 nitrogen and oxygen atoms in total. The summed E-state index contributed by atoms with van der Waals surface area (Å²) in [7, 11) is 6.08. The Labute approximate surface area is 507 Å². The second-order valence-corrected chi connectivity index (χ2v) is 23.2. The quantitative estimate of drug-likeness (QED) is 0.0272. The number of oxime groups is 1. The van der Waals surface area contributed by atoms with E-state index >= 15 is 0 Å². The van der Waals surface area contributed by atoms with Gasteiger partial charge >= 0.3 is 12.1 Å². The number of likely N-dealkylation sites (tertiary alicyclic amines) is 1. The van der Waals surface area contributed by atoms with Crippen molar-refractivity contribution in [3.8, 4) is 0 Å². The maximum atomic E-state index is 14.8. The summed E-state index contributed by atoms with van der Waals surface area (Å²) in [5, 5.41) is 30.5. The van der Waals surface area contributed by atoms with Crippen molar-refractivity contribution in [1.29, 1.82) is 0 Å². The Morgan fingerprint density at radius 2 is 1.42 bits per heavy atom. The maximum Gasteiger partial charge on any atom is 0.410 e. The molecule has 25 heteroatoms. The Morgan fingerprint density at radius 1 is 0.779 bits per heavy atom. The lowest BCUT2D eigenvalue weighted by Crippen LogP contribution is -2.60. The number of hydrogen-bond donors (Lipinski definition) is 8. The Bertz CT molecular complexity index is 2540. The number of rotatable bonds is 35. The van der Waals surface area contributed by atoms with Crippen molar-refractivity contribution in [2.45, 2.75) is 175 Å². The van der Waals surface area contributed by atoms with E-state index in [2.05, 4.69) is 48.6 Å². The molecule has 480 valence electrons. The lowest BCUT2D eigenvalue weighted by molar-refractivity contribution is -0.148. The zero-order valence-corrected chi connectivity index (χ0v) is 52.8. The molecule has 0 spiro atoms. The highest BCUT2D eigenvalue weighted by Crippen LogP contribution is 2.30. The molecule has 2 aromatic carbocycles. The average Bonchev–Trinajstić information content (AvgIpc) is 2.00. The largest absolute Gasteiger partial charge is 0.445 e. The standard InChI is InChI=1S/C61H97N11O14/c1-16-38(8)52(46(83-14)32-48(74)72-31-21-25-45(72)54(84-15)39(9)55(76)65-40(10)53(75)42-22-18-17-19-23-42)70(12)59(80)50(36(4)5)69-58(79)51(37(6)7)71(13)61(82)85-33-41-26-28-43(29-27-41)66-56(77)44(24-20-30-64-60(62)81)67-57(78)49(35(2)3)68-47(73)34-86-63-11/h17-19,22-23,26-29,35-40,44-46,49-54,75H,11,16,20-21,24-25,30-34H2,1-10,12-15H3,(H,65,76)(H,66,77)(H,67,78)(H,68,73)(H,69,79)(H3,62,64,81)/t38-,39+,40?,44-,45?,46?,49?,50-,51-,52?,53+,54+/m0/s1. The van der Waals surface area contributed by atoms with Crippen LogP contribution in [0.2, 0.25) is 0 Å². The first kappa shape index (κ1) is 72.9. The number of carbonyl (C=O) groups is 9. The van der Waals surface area contributed by atoms with Gasteiger partial charge in [-0.05, 0) is 79.5 Å². The predicted molar refractivity (Wildman–Crippen MR) is 325 cm³/mol. The number of primary amides is 1. The molecule has 0 aromatic heterocycles. The maximum absolute atomic E-state index is 14.8. The Balaban J connectivity index is 1.71. The van der Waals surface area contributed by atoms with Gasteiger partial charge in [0.15, 0.2) is 6.61 Å². The summed E-state index contributed by atoms with van der Waals surface area (Å²) in [5.41, 5.74) is 6.74. The van der Waals surface area contributed by atoms with Gasteiger partial charge in [-0.3, -0.25) is 38.5 Å². The van der Waals surface area contributed by atoms with Crippen LogP contribution < -0.4 is 37.6 Å². The number of nitrogens with zero attached hydrogens (tertiary/aromatic N) is 4. The lowest BCUT2D eigenvalue weighted by Gasteiger charge is -2.41. The topological polar surface area (TPSA) is 331 Å². The number of nitrogens with one attached hydrogen (secondary N) is 6. The number of aliphatic hydroxyl groups is 1. The first-order chi connectivity index (χ1) is 40.6. The monoisotopic (exact) mass is 1210 g/mol. The lowest BCUT2D eigenvalue weighted by atomic mass is 9.89. The molecular weight excluding hydrogens is 1110 g/mol. The molecule has 2 aromatic rings. The first-order valence-electron chi connectivity index (χ1n) is 29.6. The first-order valence-corrected chi connectivity index (χ1v) is 29.6. The molecular formula is C61H97N11O14. The van der Waals surface area contributed by atoms with E-state index in [9.17, 15) is 48.3 Å². The number of ether oxygens (including phenoxy) is 3. The highest BCUT2D eigenvalue weighted by atomic mass is 16.6. The molecule has 1 fully saturated rings. The second kappa shape index (κ2) is 35.9. The summed E-state index contributed by atoms with van der Waals surface area (Å²) in [5.74, 6) is -5.50. The number of urea groups is 1. The van der Waals surface area contributed by atoms with Crippen LogP contribution in [-0.2, 0) is 59.2 Å². The third kappa shape index (κ3) is 21.5. The number of carbonyl (C=O) groups excluding carboxylic acids is 9. The zero-order chi connectivity index (χ0) is 64.5. The van der Waals surface area contributed by atoms with E-state index in [0.717, 1.165) is 0 Å². The number of hydrogen-bond acceptors (Lipinski definition) is 15. The molecule has 5 unspecified atom stereocenters. The van der Waals surface area contributed by atoms with Crippen molar-refractivity contribution in [2.75, 3.05) is 53.3 Å². The number of likely N-dealkylation sites (N-methyl/N-ethyl adjacent to an activating group) is 2. The normalized spacial score (nSPS) is 17.0. The molecule has 1 heterocycles. The van der Waals surface area contributed by atoms with Gasteiger partial charge in [0, 0.05) is 53.8 Å². The second-order valence-electron chi connectivity index (χ2n) is 23.2. The number of benzene rings is 2. The van der Waals surface area contributed by atoms with E-state index in [4.69, 9.17) is 19.9 Å². The number of nitrogens with two attached hydrogens (primary N) is 1. The third-order valence-corrected chi connectivity index (χ3v) is 15.8. The van der Waals surface area contributed by atoms with E-state index in [1.165, 1.54) is 26.2 Å². The van der Waals surface area contributed by atoms with Gasteiger partial charge < -0.3 is 71.6 Å². The van der Waals surface area contributed by atoms with Gasteiger partial charge in [-0.2, -0.15) is 0 Å². The van der Waals surface area contributed by atoms with Gasteiger partial charge in [-0.15, -0.1) is 5.16 Å². The van der Waals surface area contributed by atoms with Crippen molar-refractivity contribution in [3.63, 3.8) is 0 Å². The Hall–Kier alpha value is -7.38.